The molecule has 17 heteroatoms. The molecule has 3 amide bonds. The molecule has 0 fully saturated rings. The summed E-state index contributed by atoms with van der Waals surface area (Å²) in [5, 5.41) is 14.7. The van der Waals surface area contributed by atoms with Crippen LogP contribution in [0.2, 0.25) is 0 Å². The molecule has 0 saturated heterocycles. The number of nitrogens with zero attached hydrogens (tertiary/aromatic N) is 2. The second-order valence-electron chi connectivity index (χ2n) is 7.71. The molecule has 0 bridgehead atoms. The Hall–Kier alpha value is -4.70. The summed E-state index contributed by atoms with van der Waals surface area (Å²) in [6.07, 6.45) is -5.23. The minimum absolute atomic E-state index is 0.464. The molecule has 0 radical (unpaired) electrons. The van der Waals surface area contributed by atoms with Crippen LogP contribution in [0.1, 0.15) is 25.6 Å². The number of para-hydroxylation sites is 1. The maximum atomic E-state index is 13.7. The van der Waals surface area contributed by atoms with E-state index in [-0.39, 0.29) is 0 Å². The molecular weight excluding hydrogens is 541 g/mol. The standard InChI is InChI=1S/C22H20F5N5O7/c1-10(29-19(37)20(38)32-17-11(23)3-2-4-12(17)24)18(36)30-13(5-6-16(34)35)14(33)9-39-15-7-8-28-21(31-15)22(25,26)27/h2-4,7-8,10,13H,5-6,9H2,1H3,(H,29,37)(H,30,36)(H,32,38)(H,34,35). The van der Waals surface area contributed by atoms with Crippen LogP contribution in [0, 0.1) is 11.6 Å². The number of benzene rings is 1. The molecule has 0 saturated carbocycles. The first-order valence-corrected chi connectivity index (χ1v) is 10.8. The smallest absolute Gasteiger partial charge is 0.451 e. The molecule has 12 nitrogen and oxygen atoms in total. The average molecular weight is 561 g/mol. The second kappa shape index (κ2) is 13.2. The molecule has 0 spiro atoms. The Morgan fingerprint density at radius 3 is 2.26 bits per heavy atom. The number of rotatable bonds is 11. The zero-order valence-corrected chi connectivity index (χ0v) is 19.8. The van der Waals surface area contributed by atoms with Gasteiger partial charge in [0.25, 0.3) is 0 Å². The summed E-state index contributed by atoms with van der Waals surface area (Å²) in [6, 6.07) is 0.565. The third kappa shape index (κ3) is 9.28. The van der Waals surface area contributed by atoms with E-state index in [1.54, 1.807) is 5.32 Å². The Labute approximate surface area is 215 Å². The van der Waals surface area contributed by atoms with Crippen molar-refractivity contribution in [2.45, 2.75) is 38.0 Å². The van der Waals surface area contributed by atoms with Gasteiger partial charge in [-0.1, -0.05) is 6.07 Å². The molecule has 210 valence electrons. The number of carbonyl (C=O) groups excluding carboxylic acids is 4. The predicted molar refractivity (Wildman–Crippen MR) is 119 cm³/mol. The summed E-state index contributed by atoms with van der Waals surface area (Å²) >= 11 is 0. The molecule has 1 heterocycles. The number of aliphatic carboxylic acids is 1. The number of hydrogen-bond donors (Lipinski definition) is 4. The van der Waals surface area contributed by atoms with Crippen molar-refractivity contribution < 1.29 is 55.8 Å². The Morgan fingerprint density at radius 1 is 1.03 bits per heavy atom. The van der Waals surface area contributed by atoms with Crippen LogP contribution in [0.15, 0.2) is 30.5 Å². The van der Waals surface area contributed by atoms with Gasteiger partial charge >= 0.3 is 24.0 Å². The third-order valence-electron chi connectivity index (χ3n) is 4.75. The number of alkyl halides is 3. The number of ketones is 1. The monoisotopic (exact) mass is 561 g/mol. The Bertz CT molecular complexity index is 1240. The molecule has 2 rings (SSSR count). The summed E-state index contributed by atoms with van der Waals surface area (Å²) in [4.78, 5) is 66.2. The van der Waals surface area contributed by atoms with E-state index in [0.29, 0.717) is 0 Å². The number of ether oxygens (including phenoxy) is 1. The summed E-state index contributed by atoms with van der Waals surface area (Å²) in [5.41, 5.74) is -0.903. The lowest BCUT2D eigenvalue weighted by atomic mass is 10.1. The predicted octanol–water partition coefficient (Wildman–Crippen LogP) is 1.21. The van der Waals surface area contributed by atoms with E-state index >= 15 is 0 Å². The fraction of sp³-hybridized carbons (Fsp3) is 0.318. The lowest BCUT2D eigenvalue weighted by Gasteiger charge is -2.20. The van der Waals surface area contributed by atoms with Gasteiger partial charge in [0, 0.05) is 18.7 Å². The van der Waals surface area contributed by atoms with E-state index in [2.05, 4.69) is 15.3 Å². The van der Waals surface area contributed by atoms with Crippen LogP contribution < -0.4 is 20.7 Å². The maximum Gasteiger partial charge on any atom is 0.451 e. The number of amides is 3. The molecule has 2 aromatic rings. The molecule has 0 aliphatic carbocycles. The fourth-order valence-electron chi connectivity index (χ4n) is 2.80. The number of carbonyl (C=O) groups is 5. The van der Waals surface area contributed by atoms with Gasteiger partial charge in [0.1, 0.15) is 23.4 Å². The topological polar surface area (TPSA) is 177 Å². The lowest BCUT2D eigenvalue weighted by Crippen LogP contribution is -2.52. The van der Waals surface area contributed by atoms with Gasteiger partial charge < -0.3 is 25.8 Å². The van der Waals surface area contributed by atoms with Crippen LogP contribution in [0.5, 0.6) is 5.88 Å². The fourth-order valence-corrected chi connectivity index (χ4v) is 2.80. The van der Waals surface area contributed by atoms with E-state index in [1.807, 2.05) is 5.32 Å². The zero-order chi connectivity index (χ0) is 29.3. The van der Waals surface area contributed by atoms with Crippen molar-refractivity contribution in [2.75, 3.05) is 11.9 Å². The largest absolute Gasteiger partial charge is 0.481 e. The minimum atomic E-state index is -4.89. The van der Waals surface area contributed by atoms with E-state index in [1.165, 1.54) is 0 Å². The third-order valence-corrected chi connectivity index (χ3v) is 4.75. The van der Waals surface area contributed by atoms with E-state index < -0.39 is 96.2 Å². The summed E-state index contributed by atoms with van der Waals surface area (Å²) < 4.78 is 70.5. The number of Topliss-reactive ketones (excluding diaryl/α,β-unsaturated/α-hetero) is 1. The maximum absolute atomic E-state index is 13.7. The Kier molecular flexibility index (Phi) is 10.3. The van der Waals surface area contributed by atoms with Gasteiger partial charge in [-0.25, -0.2) is 13.8 Å². The summed E-state index contributed by atoms with van der Waals surface area (Å²) in [6.45, 7) is 0.162. The van der Waals surface area contributed by atoms with Crippen molar-refractivity contribution in [3.05, 3.63) is 47.9 Å². The Balaban J connectivity index is 2.01. The van der Waals surface area contributed by atoms with Crippen molar-refractivity contribution >= 4 is 35.2 Å². The van der Waals surface area contributed by atoms with Crippen LogP contribution in [0.25, 0.3) is 0 Å². The highest BCUT2D eigenvalue weighted by Crippen LogP contribution is 2.26. The van der Waals surface area contributed by atoms with Gasteiger partial charge in [-0.05, 0) is 25.5 Å². The minimum Gasteiger partial charge on any atom is -0.481 e. The van der Waals surface area contributed by atoms with Gasteiger partial charge in [0.05, 0.1) is 6.04 Å². The van der Waals surface area contributed by atoms with E-state index in [9.17, 15) is 45.9 Å². The van der Waals surface area contributed by atoms with Gasteiger partial charge in [-0.2, -0.15) is 18.2 Å². The first-order chi connectivity index (χ1) is 18.2. The van der Waals surface area contributed by atoms with Crippen molar-refractivity contribution in [1.82, 2.24) is 20.6 Å². The highest BCUT2D eigenvalue weighted by molar-refractivity contribution is 6.40. The number of carboxylic acid groups (broad SMARTS) is 1. The van der Waals surface area contributed by atoms with Gasteiger partial charge in [0.15, 0.2) is 12.4 Å². The molecule has 4 N–H and O–H groups in total. The number of aromatic nitrogens is 2. The van der Waals surface area contributed by atoms with Crippen molar-refractivity contribution in [1.29, 1.82) is 0 Å². The van der Waals surface area contributed by atoms with E-state index in [0.717, 1.165) is 37.4 Å². The molecule has 1 aromatic carbocycles. The molecule has 0 aliphatic heterocycles. The average Bonchev–Trinajstić information content (AvgIpc) is 2.86. The van der Waals surface area contributed by atoms with Crippen LogP contribution in [0.3, 0.4) is 0 Å². The molecule has 2 atom stereocenters. The van der Waals surface area contributed by atoms with Gasteiger partial charge in [-0.3, -0.25) is 24.0 Å². The SMILES string of the molecule is CC(NC(=O)C(=O)Nc1c(F)cccc1F)C(=O)NC(CCC(=O)O)C(=O)COc1ccnc(C(F)(F)F)n1. The van der Waals surface area contributed by atoms with Crippen molar-refractivity contribution in [2.24, 2.45) is 0 Å². The van der Waals surface area contributed by atoms with Gasteiger partial charge in [0.2, 0.25) is 17.6 Å². The number of carboxylic acids is 1. The van der Waals surface area contributed by atoms with Crippen molar-refractivity contribution in [3.63, 3.8) is 0 Å². The summed E-state index contributed by atoms with van der Waals surface area (Å²) in [7, 11) is 0. The first kappa shape index (κ1) is 30.5. The normalized spacial score (nSPS) is 12.6. The highest BCUT2D eigenvalue weighted by Gasteiger charge is 2.35. The number of nitrogens with one attached hydrogen (secondary N) is 3. The van der Waals surface area contributed by atoms with Crippen LogP contribution >= 0.6 is 0 Å². The van der Waals surface area contributed by atoms with Crippen molar-refractivity contribution in [3.8, 4) is 5.88 Å². The molecule has 0 aliphatic rings. The molecule has 39 heavy (non-hydrogen) atoms. The summed E-state index contributed by atoms with van der Waals surface area (Å²) in [5.74, 6) is -10.8. The molecular formula is C22H20F5N5O7. The molecule has 2 unspecified atom stereocenters. The van der Waals surface area contributed by atoms with Crippen LogP contribution in [-0.2, 0) is 30.1 Å². The highest BCUT2D eigenvalue weighted by atomic mass is 19.4. The lowest BCUT2D eigenvalue weighted by molar-refractivity contribution is -0.145. The van der Waals surface area contributed by atoms with Crippen LogP contribution in [0.4, 0.5) is 27.6 Å². The second-order valence-corrected chi connectivity index (χ2v) is 7.71. The first-order valence-electron chi connectivity index (χ1n) is 10.8. The number of anilines is 1. The zero-order valence-electron chi connectivity index (χ0n) is 19.8. The van der Waals surface area contributed by atoms with Crippen LogP contribution in [-0.4, -0.2) is 63.2 Å². The van der Waals surface area contributed by atoms with E-state index in [4.69, 9.17) is 9.84 Å². The molecule has 1 aromatic heterocycles. The quantitative estimate of drug-likeness (QED) is 0.232. The Morgan fingerprint density at radius 2 is 1.67 bits per heavy atom. The number of hydrogen-bond acceptors (Lipinski definition) is 8. The van der Waals surface area contributed by atoms with Gasteiger partial charge in [-0.15, -0.1) is 0 Å². The number of halogens is 5.